The fraction of sp³-hybridized carbons (Fsp3) is 0.500. The molecule has 22 heavy (non-hydrogen) atoms. The lowest BCUT2D eigenvalue weighted by Crippen LogP contribution is -2.47. The van der Waals surface area contributed by atoms with E-state index in [0.29, 0.717) is 18.7 Å². The van der Waals surface area contributed by atoms with Crippen molar-refractivity contribution in [3.8, 4) is 0 Å². The lowest BCUT2D eigenvalue weighted by atomic mass is 10.1. The Morgan fingerprint density at radius 1 is 1.14 bits per heavy atom. The molecular formula is C16H27IN4O. The number of carbonyl (C=O) groups excluding carboxylic acids is 1. The van der Waals surface area contributed by atoms with Gasteiger partial charge in [-0.2, -0.15) is 0 Å². The van der Waals surface area contributed by atoms with Crippen LogP contribution in [0, 0.1) is 0 Å². The molecule has 124 valence electrons. The molecule has 0 unspecified atom stereocenters. The molecule has 1 amide bonds. The number of halogens is 1. The van der Waals surface area contributed by atoms with Crippen molar-refractivity contribution in [1.29, 1.82) is 0 Å². The predicted molar refractivity (Wildman–Crippen MR) is 103 cm³/mol. The second-order valence-corrected chi connectivity index (χ2v) is 5.86. The van der Waals surface area contributed by atoms with Gasteiger partial charge in [-0.15, -0.1) is 24.0 Å². The maximum atomic E-state index is 11.7. The van der Waals surface area contributed by atoms with Crippen molar-refractivity contribution in [2.75, 3.05) is 13.6 Å². The van der Waals surface area contributed by atoms with Crippen LogP contribution in [0.15, 0.2) is 29.3 Å². The summed E-state index contributed by atoms with van der Waals surface area (Å²) in [7, 11) is 1.75. The van der Waals surface area contributed by atoms with E-state index in [0.717, 1.165) is 11.5 Å². The van der Waals surface area contributed by atoms with Gasteiger partial charge >= 0.3 is 0 Å². The van der Waals surface area contributed by atoms with E-state index in [-0.39, 0.29) is 35.4 Å². The number of guanidine groups is 1. The largest absolute Gasteiger partial charge is 0.352 e. The standard InChI is InChI=1S/C16H26N4O.HI/c1-6-18-14(21)13-9-7-12(8-10-13)11-19-15(17-5)20-16(2,3)4;/h7-10H,6,11H2,1-5H3,(H,18,21)(H2,17,19,20);1H. The average Bonchev–Trinajstić information content (AvgIpc) is 2.43. The number of benzene rings is 1. The van der Waals surface area contributed by atoms with Crippen molar-refractivity contribution in [3.05, 3.63) is 35.4 Å². The molecule has 0 fully saturated rings. The number of hydrogen-bond acceptors (Lipinski definition) is 2. The first-order valence-corrected chi connectivity index (χ1v) is 7.21. The Morgan fingerprint density at radius 2 is 1.73 bits per heavy atom. The van der Waals surface area contributed by atoms with Crippen molar-refractivity contribution < 1.29 is 4.79 Å². The van der Waals surface area contributed by atoms with Gasteiger partial charge in [0.1, 0.15) is 0 Å². The molecule has 1 rings (SSSR count). The Hall–Kier alpha value is -1.31. The number of rotatable bonds is 4. The smallest absolute Gasteiger partial charge is 0.251 e. The van der Waals surface area contributed by atoms with Crippen LogP contribution in [0.5, 0.6) is 0 Å². The topological polar surface area (TPSA) is 65.5 Å². The number of hydrogen-bond donors (Lipinski definition) is 3. The van der Waals surface area contributed by atoms with Crippen molar-refractivity contribution in [1.82, 2.24) is 16.0 Å². The van der Waals surface area contributed by atoms with Gasteiger partial charge in [0.25, 0.3) is 5.91 Å². The first-order chi connectivity index (χ1) is 9.85. The number of aliphatic imine (C=N–C) groups is 1. The van der Waals surface area contributed by atoms with E-state index < -0.39 is 0 Å². The third kappa shape index (κ3) is 7.63. The molecular weight excluding hydrogens is 391 g/mol. The van der Waals surface area contributed by atoms with Crippen LogP contribution in [0.4, 0.5) is 0 Å². The van der Waals surface area contributed by atoms with Crippen LogP contribution < -0.4 is 16.0 Å². The minimum atomic E-state index is -0.0396. The molecule has 0 spiro atoms. The third-order valence-corrected chi connectivity index (χ3v) is 2.73. The van der Waals surface area contributed by atoms with E-state index in [1.54, 1.807) is 7.05 Å². The van der Waals surface area contributed by atoms with Crippen molar-refractivity contribution in [2.45, 2.75) is 39.8 Å². The molecule has 0 aliphatic rings. The fourth-order valence-electron chi connectivity index (χ4n) is 1.76. The van der Waals surface area contributed by atoms with Crippen LogP contribution in [-0.4, -0.2) is 31.0 Å². The highest BCUT2D eigenvalue weighted by molar-refractivity contribution is 14.0. The number of nitrogens with one attached hydrogen (secondary N) is 3. The summed E-state index contributed by atoms with van der Waals surface area (Å²) in [6.07, 6.45) is 0. The van der Waals surface area contributed by atoms with Gasteiger partial charge in [-0.3, -0.25) is 9.79 Å². The molecule has 1 aromatic carbocycles. The molecule has 0 aliphatic carbocycles. The third-order valence-electron chi connectivity index (χ3n) is 2.73. The molecule has 0 bridgehead atoms. The van der Waals surface area contributed by atoms with E-state index in [2.05, 4.69) is 41.7 Å². The molecule has 0 saturated carbocycles. The van der Waals surface area contributed by atoms with Crippen LogP contribution in [0.3, 0.4) is 0 Å². The number of amides is 1. The second-order valence-electron chi connectivity index (χ2n) is 5.86. The average molecular weight is 418 g/mol. The Labute approximate surface area is 150 Å². The van der Waals surface area contributed by atoms with Crippen molar-refractivity contribution in [3.63, 3.8) is 0 Å². The highest BCUT2D eigenvalue weighted by Gasteiger charge is 2.11. The summed E-state index contributed by atoms with van der Waals surface area (Å²) in [5.41, 5.74) is 1.74. The van der Waals surface area contributed by atoms with Gasteiger partial charge in [-0.1, -0.05) is 12.1 Å². The normalized spacial score (nSPS) is 11.4. The lowest BCUT2D eigenvalue weighted by molar-refractivity contribution is 0.0956. The molecule has 0 atom stereocenters. The molecule has 0 heterocycles. The zero-order chi connectivity index (χ0) is 15.9. The summed E-state index contributed by atoms with van der Waals surface area (Å²) in [6, 6.07) is 7.56. The van der Waals surface area contributed by atoms with Crippen LogP contribution in [0.25, 0.3) is 0 Å². The molecule has 0 saturated heterocycles. The van der Waals surface area contributed by atoms with E-state index >= 15 is 0 Å². The van der Waals surface area contributed by atoms with Gasteiger partial charge in [0.2, 0.25) is 0 Å². The van der Waals surface area contributed by atoms with Gasteiger partial charge in [0.05, 0.1) is 0 Å². The van der Waals surface area contributed by atoms with E-state index in [9.17, 15) is 4.79 Å². The van der Waals surface area contributed by atoms with Gasteiger partial charge < -0.3 is 16.0 Å². The molecule has 0 aromatic heterocycles. The first-order valence-electron chi connectivity index (χ1n) is 7.21. The minimum absolute atomic E-state index is 0. The molecule has 6 heteroatoms. The van der Waals surface area contributed by atoms with Gasteiger partial charge in [0, 0.05) is 31.2 Å². The first kappa shape index (κ1) is 20.7. The highest BCUT2D eigenvalue weighted by Crippen LogP contribution is 2.05. The fourth-order valence-corrected chi connectivity index (χ4v) is 1.76. The van der Waals surface area contributed by atoms with Crippen molar-refractivity contribution in [2.24, 2.45) is 4.99 Å². The summed E-state index contributed by atoms with van der Waals surface area (Å²) in [4.78, 5) is 15.9. The van der Waals surface area contributed by atoms with Gasteiger partial charge in [0.15, 0.2) is 5.96 Å². The summed E-state index contributed by atoms with van der Waals surface area (Å²) in [5, 5.41) is 9.33. The SMILES string of the molecule is CCNC(=O)c1ccc(CNC(=NC)NC(C)(C)C)cc1.I. The zero-order valence-electron chi connectivity index (χ0n) is 14.0. The minimum Gasteiger partial charge on any atom is -0.352 e. The summed E-state index contributed by atoms with van der Waals surface area (Å²) in [6.45, 7) is 9.45. The van der Waals surface area contributed by atoms with Gasteiger partial charge in [-0.05, 0) is 45.4 Å². The summed E-state index contributed by atoms with van der Waals surface area (Å²) in [5.74, 6) is 0.720. The summed E-state index contributed by atoms with van der Waals surface area (Å²) >= 11 is 0. The van der Waals surface area contributed by atoms with Crippen LogP contribution in [0.1, 0.15) is 43.6 Å². The molecule has 0 aliphatic heterocycles. The lowest BCUT2D eigenvalue weighted by Gasteiger charge is -2.23. The zero-order valence-corrected chi connectivity index (χ0v) is 16.3. The van der Waals surface area contributed by atoms with Crippen LogP contribution in [-0.2, 0) is 6.54 Å². The van der Waals surface area contributed by atoms with E-state index in [1.807, 2.05) is 31.2 Å². The number of nitrogens with zero attached hydrogens (tertiary/aromatic N) is 1. The predicted octanol–water partition coefficient (Wildman–Crippen LogP) is 2.52. The Balaban J connectivity index is 0.00000441. The second kappa shape index (κ2) is 9.66. The molecule has 3 N–H and O–H groups in total. The number of carbonyl (C=O) groups is 1. The highest BCUT2D eigenvalue weighted by atomic mass is 127. The Bertz CT molecular complexity index is 492. The quantitative estimate of drug-likeness (QED) is 0.400. The Kier molecular flexibility index (Phi) is 9.08. The monoisotopic (exact) mass is 418 g/mol. The van der Waals surface area contributed by atoms with E-state index in [1.165, 1.54) is 0 Å². The molecule has 5 nitrogen and oxygen atoms in total. The van der Waals surface area contributed by atoms with Crippen molar-refractivity contribution >= 4 is 35.8 Å². The molecule has 0 radical (unpaired) electrons. The maximum absolute atomic E-state index is 11.7. The van der Waals surface area contributed by atoms with E-state index in [4.69, 9.17) is 0 Å². The van der Waals surface area contributed by atoms with Crippen LogP contribution >= 0.6 is 24.0 Å². The van der Waals surface area contributed by atoms with Crippen LogP contribution in [0.2, 0.25) is 0 Å². The summed E-state index contributed by atoms with van der Waals surface area (Å²) < 4.78 is 0. The Morgan fingerprint density at radius 3 is 2.18 bits per heavy atom. The maximum Gasteiger partial charge on any atom is 0.251 e. The van der Waals surface area contributed by atoms with Gasteiger partial charge in [-0.25, -0.2) is 0 Å². The molecule has 1 aromatic rings.